The van der Waals surface area contributed by atoms with Crippen molar-refractivity contribution in [3.63, 3.8) is 0 Å². The first kappa shape index (κ1) is 24.2. The van der Waals surface area contributed by atoms with Crippen LogP contribution in [-0.4, -0.2) is 36.3 Å². The van der Waals surface area contributed by atoms with Crippen molar-refractivity contribution in [3.8, 4) is 0 Å². The molecule has 1 saturated heterocycles. The Kier molecular flexibility index (Phi) is 7.12. The van der Waals surface area contributed by atoms with Gasteiger partial charge in [0.2, 0.25) is 10.0 Å². The molecule has 174 valence electrons. The minimum absolute atomic E-state index is 0.179. The summed E-state index contributed by atoms with van der Waals surface area (Å²) >= 11 is 13.9. The fourth-order valence-electron chi connectivity index (χ4n) is 3.92. The third-order valence-electron chi connectivity index (χ3n) is 5.60. The molecule has 0 bridgehead atoms. The maximum absolute atomic E-state index is 13.0. The number of benzene rings is 2. The Morgan fingerprint density at radius 1 is 1.24 bits per heavy atom. The first-order chi connectivity index (χ1) is 15.7. The lowest BCUT2D eigenvalue weighted by Gasteiger charge is -2.30. The second-order valence-electron chi connectivity index (χ2n) is 8.04. The molecule has 0 N–H and O–H groups in total. The third-order valence-corrected chi connectivity index (χ3v) is 9.32. The molecule has 3 aromatic rings. The van der Waals surface area contributed by atoms with Gasteiger partial charge >= 0.3 is 0 Å². The zero-order chi connectivity index (χ0) is 23.8. The van der Waals surface area contributed by atoms with Crippen molar-refractivity contribution in [2.75, 3.05) is 13.1 Å². The van der Waals surface area contributed by atoms with Crippen LogP contribution in [0.25, 0.3) is 10.2 Å². The number of sulfonamides is 1. The van der Waals surface area contributed by atoms with Crippen LogP contribution >= 0.6 is 34.5 Å². The third kappa shape index (κ3) is 4.81. The van der Waals surface area contributed by atoms with Crippen molar-refractivity contribution in [1.82, 2.24) is 8.87 Å². The van der Waals surface area contributed by atoms with E-state index in [0.717, 1.165) is 17.5 Å². The van der Waals surface area contributed by atoms with Gasteiger partial charge in [-0.2, -0.15) is 9.30 Å². The molecule has 10 heteroatoms. The molecule has 1 aliphatic heterocycles. The van der Waals surface area contributed by atoms with Gasteiger partial charge in [0.1, 0.15) is 0 Å². The van der Waals surface area contributed by atoms with Gasteiger partial charge in [0.25, 0.3) is 5.91 Å². The van der Waals surface area contributed by atoms with Crippen molar-refractivity contribution in [2.45, 2.75) is 31.2 Å². The summed E-state index contributed by atoms with van der Waals surface area (Å²) in [6.45, 7) is 7.26. The van der Waals surface area contributed by atoms with Crippen molar-refractivity contribution in [2.24, 2.45) is 10.9 Å². The number of nitrogens with zero attached hydrogens (tertiary/aromatic N) is 3. The molecule has 0 spiro atoms. The van der Waals surface area contributed by atoms with Crippen molar-refractivity contribution < 1.29 is 13.2 Å². The van der Waals surface area contributed by atoms with Crippen LogP contribution in [0.3, 0.4) is 0 Å². The molecular weight excluding hydrogens is 501 g/mol. The van der Waals surface area contributed by atoms with Crippen LogP contribution in [0, 0.1) is 5.92 Å². The minimum Gasteiger partial charge on any atom is -0.311 e. The predicted molar refractivity (Wildman–Crippen MR) is 134 cm³/mol. The van der Waals surface area contributed by atoms with Crippen LogP contribution in [-0.2, 0) is 16.6 Å². The summed E-state index contributed by atoms with van der Waals surface area (Å²) in [5, 5.41) is 0.806. The standard InChI is InChI=1S/C23H23Cl2N3O3S2/c1-3-12-28-21-19(11-10-18(24)20(21)25)32-23(28)26-22(29)16-6-8-17(9-7-16)33(30,31)27-13-4-5-15(2)14-27/h3,6-11,15H,1,4-5,12-14H2,2H3. The Bertz CT molecular complexity index is 1390. The SMILES string of the molecule is C=CCn1c(=NC(=O)c2ccc(S(=O)(=O)N3CCCC(C)C3)cc2)sc2ccc(Cl)c(Cl)c21. The number of hydrogen-bond acceptors (Lipinski definition) is 4. The highest BCUT2D eigenvalue weighted by Gasteiger charge is 2.28. The van der Waals surface area contributed by atoms with Gasteiger partial charge < -0.3 is 4.57 Å². The zero-order valence-electron chi connectivity index (χ0n) is 18.0. The highest BCUT2D eigenvalue weighted by Crippen LogP contribution is 2.32. The maximum Gasteiger partial charge on any atom is 0.279 e. The van der Waals surface area contributed by atoms with E-state index in [0.29, 0.717) is 51.5 Å². The molecule has 2 aromatic carbocycles. The van der Waals surface area contributed by atoms with E-state index in [9.17, 15) is 13.2 Å². The highest BCUT2D eigenvalue weighted by molar-refractivity contribution is 7.89. The zero-order valence-corrected chi connectivity index (χ0v) is 21.1. The summed E-state index contributed by atoms with van der Waals surface area (Å²) in [7, 11) is -3.59. The Morgan fingerprint density at radius 2 is 1.97 bits per heavy atom. The van der Waals surface area contributed by atoms with Crippen molar-refractivity contribution >= 4 is 60.7 Å². The summed E-state index contributed by atoms with van der Waals surface area (Å²) < 4.78 is 30.1. The topological polar surface area (TPSA) is 71.7 Å². The number of thiazole rings is 1. The summed E-state index contributed by atoms with van der Waals surface area (Å²) in [6.07, 6.45) is 3.57. The lowest BCUT2D eigenvalue weighted by Crippen LogP contribution is -2.39. The van der Waals surface area contributed by atoms with E-state index in [-0.39, 0.29) is 4.90 Å². The molecule has 1 aliphatic rings. The molecule has 1 atom stereocenters. The van der Waals surface area contributed by atoms with E-state index in [1.165, 1.54) is 39.9 Å². The van der Waals surface area contributed by atoms with Crippen LogP contribution in [0.15, 0.2) is 58.9 Å². The molecule has 0 saturated carbocycles. The van der Waals surface area contributed by atoms with Crippen LogP contribution in [0.5, 0.6) is 0 Å². The van der Waals surface area contributed by atoms with E-state index in [1.807, 2.05) is 6.07 Å². The van der Waals surface area contributed by atoms with Gasteiger partial charge in [0, 0.05) is 25.2 Å². The average molecular weight is 524 g/mol. The molecule has 0 aliphatic carbocycles. The van der Waals surface area contributed by atoms with E-state index in [2.05, 4.69) is 18.5 Å². The normalized spacial score (nSPS) is 18.0. The van der Waals surface area contributed by atoms with E-state index in [1.54, 1.807) is 16.7 Å². The molecule has 1 unspecified atom stereocenters. The first-order valence-electron chi connectivity index (χ1n) is 10.5. The molecule has 0 radical (unpaired) electrons. The Hall–Kier alpha value is -1.97. The van der Waals surface area contributed by atoms with Crippen molar-refractivity contribution in [3.05, 3.63) is 69.5 Å². The summed E-state index contributed by atoms with van der Waals surface area (Å²) in [6, 6.07) is 9.48. The Balaban J connectivity index is 1.67. The molecule has 4 rings (SSSR count). The second-order valence-corrected chi connectivity index (χ2v) is 11.8. The Morgan fingerprint density at radius 3 is 2.64 bits per heavy atom. The Labute approximate surface area is 206 Å². The second kappa shape index (κ2) is 9.72. The van der Waals surface area contributed by atoms with Gasteiger partial charge in [0.15, 0.2) is 4.80 Å². The summed E-state index contributed by atoms with van der Waals surface area (Å²) in [5.74, 6) is -0.141. The van der Waals surface area contributed by atoms with Crippen LogP contribution in [0.2, 0.25) is 10.0 Å². The first-order valence-corrected chi connectivity index (χ1v) is 13.5. The number of piperidine rings is 1. The number of rotatable bonds is 5. The number of aromatic nitrogens is 1. The molecule has 1 amide bonds. The van der Waals surface area contributed by atoms with E-state index in [4.69, 9.17) is 23.2 Å². The molecule has 33 heavy (non-hydrogen) atoms. The summed E-state index contributed by atoms with van der Waals surface area (Å²) in [5.41, 5.74) is 0.991. The smallest absolute Gasteiger partial charge is 0.279 e. The molecule has 1 fully saturated rings. The monoisotopic (exact) mass is 523 g/mol. The number of fused-ring (bicyclic) bond motifs is 1. The number of hydrogen-bond donors (Lipinski definition) is 0. The molecular formula is C23H23Cl2N3O3S2. The highest BCUT2D eigenvalue weighted by atomic mass is 35.5. The maximum atomic E-state index is 13.0. The van der Waals surface area contributed by atoms with Crippen LogP contribution < -0.4 is 4.80 Å². The van der Waals surface area contributed by atoms with Gasteiger partial charge in [-0.05, 0) is 55.2 Å². The molecule has 1 aromatic heterocycles. The fourth-order valence-corrected chi connectivity index (χ4v) is 7.04. The van der Waals surface area contributed by atoms with Gasteiger partial charge in [-0.3, -0.25) is 4.79 Å². The van der Waals surface area contributed by atoms with Gasteiger partial charge in [-0.1, -0.05) is 47.5 Å². The minimum atomic E-state index is -3.59. The van der Waals surface area contributed by atoms with Crippen LogP contribution in [0.4, 0.5) is 0 Å². The average Bonchev–Trinajstić information content (AvgIpc) is 3.14. The number of allylic oxidation sites excluding steroid dienone is 1. The lowest BCUT2D eigenvalue weighted by molar-refractivity contribution is 0.0997. The number of amides is 1. The van der Waals surface area contributed by atoms with Crippen molar-refractivity contribution in [1.29, 1.82) is 0 Å². The number of carbonyl (C=O) groups is 1. The van der Waals surface area contributed by atoms with E-state index >= 15 is 0 Å². The van der Waals surface area contributed by atoms with E-state index < -0.39 is 15.9 Å². The van der Waals surface area contributed by atoms with Gasteiger partial charge in [-0.25, -0.2) is 8.42 Å². The van der Waals surface area contributed by atoms with Gasteiger partial charge in [0.05, 0.1) is 25.2 Å². The lowest BCUT2D eigenvalue weighted by atomic mass is 10.0. The van der Waals surface area contributed by atoms with Crippen LogP contribution in [0.1, 0.15) is 30.1 Å². The van der Waals surface area contributed by atoms with Gasteiger partial charge in [-0.15, -0.1) is 6.58 Å². The predicted octanol–water partition coefficient (Wildman–Crippen LogP) is 5.36. The number of carbonyl (C=O) groups excluding carboxylic acids is 1. The fraction of sp³-hybridized carbons (Fsp3) is 0.304. The largest absolute Gasteiger partial charge is 0.311 e. The quantitative estimate of drug-likeness (QED) is 0.422. The number of halogens is 2. The molecule has 6 nitrogen and oxygen atoms in total. The molecule has 2 heterocycles. The summed E-state index contributed by atoms with van der Waals surface area (Å²) in [4.78, 5) is 17.8.